The predicted octanol–water partition coefficient (Wildman–Crippen LogP) is 3.96. The Labute approximate surface area is 162 Å². The summed E-state index contributed by atoms with van der Waals surface area (Å²) in [7, 11) is 0. The number of hydrogen-bond donors (Lipinski definition) is 4. The minimum Gasteiger partial charge on any atom is -0.354 e. The molecule has 1 aliphatic rings. The number of nitrogens with one attached hydrogen (secondary N) is 3. The van der Waals surface area contributed by atoms with Gasteiger partial charge >= 0.3 is 0 Å². The Morgan fingerprint density at radius 3 is 2.79 bits per heavy atom. The van der Waals surface area contributed by atoms with Gasteiger partial charge in [-0.2, -0.15) is 0 Å². The minimum absolute atomic E-state index is 0.321. The number of rotatable bonds is 5. The fourth-order valence-corrected chi connectivity index (χ4v) is 3.17. The number of amidine groups is 1. The number of aromatic amines is 1. The number of aromatic nitrogens is 2. The molecule has 144 valence electrons. The molecule has 4 rings (SSSR count). The fourth-order valence-electron chi connectivity index (χ4n) is 3.17. The largest absolute Gasteiger partial charge is 0.354 e. The molecule has 1 atom stereocenters. The standard InChI is InChI=1S/C21H23FN6/c1-2-3-11-21(23)24-13-16(20(28-21)25-15-7-5-4-6-8-15)19-26-17-10-9-14(22)12-18(17)27-19/h4-10,12-13,24H,2-3,11,23H2,1H3,(H,25,28)(H,26,27). The topological polar surface area (TPSA) is 91.1 Å². The number of fused-ring (bicyclic) bond motifs is 1. The first-order chi connectivity index (χ1) is 13.6. The number of imidazole rings is 1. The number of unbranched alkanes of at least 4 members (excludes halogenated alkanes) is 1. The van der Waals surface area contributed by atoms with Crippen molar-refractivity contribution in [3.8, 4) is 0 Å². The van der Waals surface area contributed by atoms with E-state index in [1.807, 2.05) is 36.5 Å². The molecule has 3 aromatic rings. The lowest BCUT2D eigenvalue weighted by molar-refractivity contribution is 0.353. The van der Waals surface area contributed by atoms with Gasteiger partial charge in [-0.3, -0.25) is 5.73 Å². The van der Waals surface area contributed by atoms with Crippen LogP contribution < -0.4 is 16.4 Å². The summed E-state index contributed by atoms with van der Waals surface area (Å²) < 4.78 is 13.5. The Bertz CT molecular complexity index is 1040. The van der Waals surface area contributed by atoms with E-state index >= 15 is 0 Å². The molecule has 0 spiro atoms. The highest BCUT2D eigenvalue weighted by atomic mass is 19.1. The second kappa shape index (κ2) is 7.44. The Morgan fingerprint density at radius 2 is 2.00 bits per heavy atom. The van der Waals surface area contributed by atoms with E-state index in [9.17, 15) is 4.39 Å². The number of H-pyrrole nitrogens is 1. The maximum Gasteiger partial charge on any atom is 0.184 e. The number of nitrogens with zero attached hydrogens (tertiary/aromatic N) is 2. The Hall–Kier alpha value is -3.19. The Kier molecular flexibility index (Phi) is 4.83. The summed E-state index contributed by atoms with van der Waals surface area (Å²) in [6.07, 6.45) is 4.52. The molecule has 0 bridgehead atoms. The molecule has 28 heavy (non-hydrogen) atoms. The van der Waals surface area contributed by atoms with Gasteiger partial charge in [0.15, 0.2) is 5.79 Å². The molecule has 1 aliphatic heterocycles. The maximum absolute atomic E-state index is 13.5. The van der Waals surface area contributed by atoms with Crippen LogP contribution in [0.1, 0.15) is 32.0 Å². The molecule has 0 amide bonds. The quantitative estimate of drug-likeness (QED) is 0.541. The first-order valence-electron chi connectivity index (χ1n) is 9.41. The molecule has 1 unspecified atom stereocenters. The minimum atomic E-state index is -0.880. The summed E-state index contributed by atoms with van der Waals surface area (Å²) >= 11 is 0. The van der Waals surface area contributed by atoms with E-state index in [2.05, 4.69) is 27.5 Å². The van der Waals surface area contributed by atoms with Crippen molar-refractivity contribution in [3.63, 3.8) is 0 Å². The summed E-state index contributed by atoms with van der Waals surface area (Å²) in [5.41, 5.74) is 9.41. The highest BCUT2D eigenvalue weighted by Crippen LogP contribution is 2.25. The monoisotopic (exact) mass is 378 g/mol. The van der Waals surface area contributed by atoms with Gasteiger partial charge < -0.3 is 15.6 Å². The van der Waals surface area contributed by atoms with E-state index in [4.69, 9.17) is 10.7 Å². The smallest absolute Gasteiger partial charge is 0.184 e. The van der Waals surface area contributed by atoms with Crippen LogP contribution in [0.25, 0.3) is 16.6 Å². The van der Waals surface area contributed by atoms with Crippen molar-refractivity contribution >= 4 is 28.1 Å². The van der Waals surface area contributed by atoms with E-state index in [0.717, 1.165) is 29.6 Å². The molecule has 5 N–H and O–H groups in total. The first-order valence-corrected chi connectivity index (χ1v) is 9.41. The lowest BCUT2D eigenvalue weighted by atomic mass is 10.1. The van der Waals surface area contributed by atoms with Gasteiger partial charge in [0.1, 0.15) is 17.5 Å². The van der Waals surface area contributed by atoms with Crippen LogP contribution in [0.4, 0.5) is 10.1 Å². The van der Waals surface area contributed by atoms with Gasteiger partial charge in [0, 0.05) is 24.4 Å². The van der Waals surface area contributed by atoms with Crippen molar-refractivity contribution in [2.75, 3.05) is 5.32 Å². The second-order valence-corrected chi connectivity index (χ2v) is 6.93. The van der Waals surface area contributed by atoms with Crippen LogP contribution in [0.3, 0.4) is 0 Å². The summed E-state index contributed by atoms with van der Waals surface area (Å²) in [5.74, 6) is 0.00316. The highest BCUT2D eigenvalue weighted by molar-refractivity contribution is 6.28. The van der Waals surface area contributed by atoms with Gasteiger partial charge in [-0.15, -0.1) is 0 Å². The van der Waals surface area contributed by atoms with Gasteiger partial charge in [0.2, 0.25) is 0 Å². The van der Waals surface area contributed by atoms with E-state index in [-0.39, 0.29) is 5.82 Å². The van der Waals surface area contributed by atoms with Crippen molar-refractivity contribution in [2.24, 2.45) is 10.7 Å². The Morgan fingerprint density at radius 1 is 1.18 bits per heavy atom. The average Bonchev–Trinajstić information content (AvgIpc) is 3.10. The van der Waals surface area contributed by atoms with E-state index in [1.54, 1.807) is 6.07 Å². The first kappa shape index (κ1) is 18.2. The Balaban J connectivity index is 1.72. The molecule has 0 aliphatic carbocycles. The molecule has 0 radical (unpaired) electrons. The predicted molar refractivity (Wildman–Crippen MR) is 111 cm³/mol. The molecule has 1 aromatic heterocycles. The number of aliphatic imine (C=N–C) groups is 1. The van der Waals surface area contributed by atoms with Gasteiger partial charge in [0.05, 0.1) is 16.6 Å². The van der Waals surface area contributed by atoms with Crippen molar-refractivity contribution in [3.05, 3.63) is 66.4 Å². The molecule has 0 fully saturated rings. The van der Waals surface area contributed by atoms with Crippen LogP contribution in [-0.4, -0.2) is 21.6 Å². The van der Waals surface area contributed by atoms with E-state index in [0.29, 0.717) is 23.6 Å². The third-order valence-electron chi connectivity index (χ3n) is 4.68. The lowest BCUT2D eigenvalue weighted by Crippen LogP contribution is -2.52. The second-order valence-electron chi connectivity index (χ2n) is 6.93. The lowest BCUT2D eigenvalue weighted by Gasteiger charge is -2.31. The zero-order valence-corrected chi connectivity index (χ0v) is 15.7. The van der Waals surface area contributed by atoms with E-state index in [1.165, 1.54) is 12.1 Å². The molecule has 7 heteroatoms. The zero-order valence-electron chi connectivity index (χ0n) is 15.7. The summed E-state index contributed by atoms with van der Waals surface area (Å²) in [6.45, 7) is 2.12. The third kappa shape index (κ3) is 3.75. The number of benzene rings is 2. The van der Waals surface area contributed by atoms with Gasteiger partial charge in [0.25, 0.3) is 0 Å². The number of hydrogen-bond acceptors (Lipinski definition) is 5. The van der Waals surface area contributed by atoms with Gasteiger partial charge in [-0.25, -0.2) is 14.4 Å². The van der Waals surface area contributed by atoms with E-state index < -0.39 is 5.79 Å². The molecular formula is C21H23FN6. The molecule has 2 heterocycles. The summed E-state index contributed by atoms with van der Waals surface area (Å²) in [5, 5.41) is 6.55. The van der Waals surface area contributed by atoms with Crippen molar-refractivity contribution in [2.45, 2.75) is 32.0 Å². The van der Waals surface area contributed by atoms with Gasteiger partial charge in [-0.1, -0.05) is 31.5 Å². The van der Waals surface area contributed by atoms with Crippen molar-refractivity contribution in [1.29, 1.82) is 0 Å². The highest BCUT2D eigenvalue weighted by Gasteiger charge is 2.29. The number of halogens is 1. The van der Waals surface area contributed by atoms with Gasteiger partial charge in [-0.05, 0) is 30.7 Å². The van der Waals surface area contributed by atoms with Crippen molar-refractivity contribution < 1.29 is 4.39 Å². The van der Waals surface area contributed by atoms with Crippen molar-refractivity contribution in [1.82, 2.24) is 15.3 Å². The van der Waals surface area contributed by atoms with Crippen LogP contribution in [0.2, 0.25) is 0 Å². The number of anilines is 1. The summed E-state index contributed by atoms with van der Waals surface area (Å²) in [4.78, 5) is 12.5. The fraction of sp³-hybridized carbons (Fsp3) is 0.238. The third-order valence-corrected chi connectivity index (χ3v) is 4.68. The molecule has 2 aromatic carbocycles. The normalized spacial score (nSPS) is 19.1. The van der Waals surface area contributed by atoms with Crippen LogP contribution in [0, 0.1) is 5.82 Å². The van der Waals surface area contributed by atoms with Crippen LogP contribution in [-0.2, 0) is 0 Å². The number of nitrogens with two attached hydrogens (primary N) is 1. The maximum atomic E-state index is 13.5. The van der Waals surface area contributed by atoms with Crippen LogP contribution >= 0.6 is 0 Å². The molecule has 0 saturated heterocycles. The SMILES string of the molecule is CCCCC1(N)N=C(Nc2ccccc2)C(c2nc3cc(F)ccc3[nH]2)=CN1. The number of para-hydroxylation sites is 1. The molecule has 6 nitrogen and oxygen atoms in total. The summed E-state index contributed by atoms with van der Waals surface area (Å²) in [6, 6.07) is 14.3. The molecule has 0 saturated carbocycles. The zero-order chi connectivity index (χ0) is 19.6. The van der Waals surface area contributed by atoms with Crippen LogP contribution in [0.15, 0.2) is 59.7 Å². The molecular weight excluding hydrogens is 355 g/mol. The average molecular weight is 378 g/mol. The van der Waals surface area contributed by atoms with Crippen LogP contribution in [0.5, 0.6) is 0 Å².